The van der Waals surface area contributed by atoms with E-state index in [2.05, 4.69) is 25.1 Å². The van der Waals surface area contributed by atoms with Crippen molar-refractivity contribution in [3.8, 4) is 0 Å². The third-order valence-corrected chi connectivity index (χ3v) is 4.76. The fraction of sp³-hybridized carbons (Fsp3) is 0.444. The molecule has 0 atom stereocenters. The van der Waals surface area contributed by atoms with Gasteiger partial charge in [-0.05, 0) is 19.1 Å². The molecule has 27 heavy (non-hydrogen) atoms. The number of benzene rings is 1. The standard InChI is InChI=1S/C18H23ClF2N6/c1-2-22-18(24-13-16-23-7-8-27(16)17(20)21)26-11-9-25(10-12-26)15-6-4-3-5-14(15)19/h3-8,17H,2,9-13H2,1H3,(H,22,24). The number of anilines is 1. The van der Waals surface area contributed by atoms with Crippen LogP contribution in [0.3, 0.4) is 0 Å². The van der Waals surface area contributed by atoms with Gasteiger partial charge in [0.15, 0.2) is 5.96 Å². The summed E-state index contributed by atoms with van der Waals surface area (Å²) in [6.07, 6.45) is 2.64. The number of rotatable bonds is 5. The maximum Gasteiger partial charge on any atom is 0.319 e. The van der Waals surface area contributed by atoms with Crippen LogP contribution in [0.15, 0.2) is 41.7 Å². The molecule has 1 N–H and O–H groups in total. The van der Waals surface area contributed by atoms with E-state index < -0.39 is 6.55 Å². The van der Waals surface area contributed by atoms with Crippen molar-refractivity contribution < 1.29 is 8.78 Å². The van der Waals surface area contributed by atoms with Gasteiger partial charge in [0.2, 0.25) is 0 Å². The van der Waals surface area contributed by atoms with E-state index >= 15 is 0 Å². The minimum atomic E-state index is -2.61. The molecule has 6 nitrogen and oxygen atoms in total. The van der Waals surface area contributed by atoms with E-state index in [0.29, 0.717) is 12.5 Å². The van der Waals surface area contributed by atoms with Crippen LogP contribution < -0.4 is 10.2 Å². The quantitative estimate of drug-likeness (QED) is 0.622. The lowest BCUT2D eigenvalue weighted by Crippen LogP contribution is -2.52. The first-order valence-electron chi connectivity index (χ1n) is 8.92. The second kappa shape index (κ2) is 9.03. The third-order valence-electron chi connectivity index (χ3n) is 4.44. The van der Waals surface area contributed by atoms with Gasteiger partial charge in [-0.3, -0.25) is 4.57 Å². The summed E-state index contributed by atoms with van der Waals surface area (Å²) in [6.45, 7) is 3.31. The molecule has 0 saturated carbocycles. The number of hydrogen-bond donors (Lipinski definition) is 1. The second-order valence-electron chi connectivity index (χ2n) is 6.12. The molecule has 2 aromatic rings. The highest BCUT2D eigenvalue weighted by Crippen LogP contribution is 2.26. The Morgan fingerprint density at radius 3 is 2.67 bits per heavy atom. The zero-order chi connectivity index (χ0) is 19.2. The van der Waals surface area contributed by atoms with Crippen LogP contribution in [0.5, 0.6) is 0 Å². The Morgan fingerprint density at radius 1 is 1.26 bits per heavy atom. The molecule has 1 aliphatic rings. The number of alkyl halides is 2. The average Bonchev–Trinajstić information content (AvgIpc) is 3.15. The molecule has 1 fully saturated rings. The summed E-state index contributed by atoms with van der Waals surface area (Å²) >= 11 is 6.29. The van der Waals surface area contributed by atoms with E-state index in [1.165, 1.54) is 12.4 Å². The van der Waals surface area contributed by atoms with Gasteiger partial charge in [0, 0.05) is 45.1 Å². The highest BCUT2D eigenvalue weighted by Gasteiger charge is 2.21. The second-order valence-corrected chi connectivity index (χ2v) is 6.53. The van der Waals surface area contributed by atoms with E-state index in [-0.39, 0.29) is 12.4 Å². The van der Waals surface area contributed by atoms with Crippen molar-refractivity contribution in [3.63, 3.8) is 0 Å². The Morgan fingerprint density at radius 2 is 2.00 bits per heavy atom. The van der Waals surface area contributed by atoms with Crippen LogP contribution in [0.4, 0.5) is 14.5 Å². The van der Waals surface area contributed by atoms with E-state index in [0.717, 1.165) is 41.5 Å². The number of imidazole rings is 1. The van der Waals surface area contributed by atoms with E-state index in [9.17, 15) is 8.78 Å². The highest BCUT2D eigenvalue weighted by atomic mass is 35.5. The Bertz CT molecular complexity index is 771. The third kappa shape index (κ3) is 4.68. The highest BCUT2D eigenvalue weighted by molar-refractivity contribution is 6.33. The molecule has 146 valence electrons. The number of halogens is 3. The molecular weight excluding hydrogens is 374 g/mol. The lowest BCUT2D eigenvalue weighted by Gasteiger charge is -2.38. The molecule has 0 amide bonds. The van der Waals surface area contributed by atoms with E-state index in [4.69, 9.17) is 11.6 Å². The molecular formula is C18H23ClF2N6. The number of hydrogen-bond acceptors (Lipinski definition) is 3. The van der Waals surface area contributed by atoms with E-state index in [1.54, 1.807) is 0 Å². The van der Waals surface area contributed by atoms with Crippen molar-refractivity contribution >= 4 is 23.2 Å². The first kappa shape index (κ1) is 19.4. The zero-order valence-corrected chi connectivity index (χ0v) is 15.9. The smallest absolute Gasteiger partial charge is 0.319 e. The summed E-state index contributed by atoms with van der Waals surface area (Å²) in [5.41, 5.74) is 1.03. The Balaban J connectivity index is 1.66. The van der Waals surface area contributed by atoms with Crippen LogP contribution in [-0.4, -0.2) is 53.1 Å². The van der Waals surface area contributed by atoms with Gasteiger partial charge in [-0.2, -0.15) is 8.78 Å². The molecule has 2 heterocycles. The first-order chi connectivity index (χ1) is 13.1. The van der Waals surface area contributed by atoms with Gasteiger partial charge in [0.25, 0.3) is 0 Å². The Hall–Kier alpha value is -2.35. The first-order valence-corrected chi connectivity index (χ1v) is 9.30. The van der Waals surface area contributed by atoms with Crippen LogP contribution in [-0.2, 0) is 6.54 Å². The van der Waals surface area contributed by atoms with Gasteiger partial charge in [0.05, 0.1) is 10.7 Å². The van der Waals surface area contributed by atoms with Crippen LogP contribution >= 0.6 is 11.6 Å². The molecule has 3 rings (SSSR count). The van der Waals surface area contributed by atoms with E-state index in [1.807, 2.05) is 31.2 Å². The average molecular weight is 397 g/mol. The fourth-order valence-electron chi connectivity index (χ4n) is 3.08. The lowest BCUT2D eigenvalue weighted by molar-refractivity contribution is 0.0671. The van der Waals surface area contributed by atoms with Crippen LogP contribution in [0, 0.1) is 0 Å². The van der Waals surface area contributed by atoms with Crippen molar-refractivity contribution in [2.75, 3.05) is 37.6 Å². The van der Waals surface area contributed by atoms with Gasteiger partial charge in [-0.1, -0.05) is 23.7 Å². The normalized spacial score (nSPS) is 15.5. The number of para-hydroxylation sites is 1. The minimum Gasteiger partial charge on any atom is -0.367 e. The molecule has 0 radical (unpaired) electrons. The van der Waals surface area contributed by atoms with Gasteiger partial charge in [-0.25, -0.2) is 9.98 Å². The topological polar surface area (TPSA) is 48.7 Å². The molecule has 1 aliphatic heterocycles. The van der Waals surface area contributed by atoms with Crippen molar-refractivity contribution in [2.45, 2.75) is 20.0 Å². The lowest BCUT2D eigenvalue weighted by atomic mass is 10.2. The van der Waals surface area contributed by atoms with Crippen LogP contribution in [0.2, 0.25) is 5.02 Å². The monoisotopic (exact) mass is 396 g/mol. The van der Waals surface area contributed by atoms with Crippen molar-refractivity contribution in [3.05, 3.63) is 47.5 Å². The van der Waals surface area contributed by atoms with Gasteiger partial charge in [-0.15, -0.1) is 0 Å². The molecule has 1 aromatic heterocycles. The molecule has 0 unspecified atom stereocenters. The number of nitrogens with zero attached hydrogens (tertiary/aromatic N) is 5. The summed E-state index contributed by atoms with van der Waals surface area (Å²) < 4.78 is 26.7. The number of aliphatic imine (C=N–C) groups is 1. The Kier molecular flexibility index (Phi) is 6.49. The maximum atomic E-state index is 13.0. The molecule has 0 bridgehead atoms. The zero-order valence-electron chi connectivity index (χ0n) is 15.2. The number of nitrogens with one attached hydrogen (secondary N) is 1. The molecule has 1 aromatic carbocycles. The predicted molar refractivity (Wildman–Crippen MR) is 104 cm³/mol. The molecule has 9 heteroatoms. The predicted octanol–water partition coefficient (Wildman–Crippen LogP) is 3.22. The largest absolute Gasteiger partial charge is 0.367 e. The summed E-state index contributed by atoms with van der Waals surface area (Å²) in [4.78, 5) is 12.9. The van der Waals surface area contributed by atoms with Gasteiger partial charge in [0.1, 0.15) is 12.4 Å². The van der Waals surface area contributed by atoms with Crippen LogP contribution in [0.1, 0.15) is 19.3 Å². The molecule has 1 saturated heterocycles. The summed E-state index contributed by atoms with van der Waals surface area (Å²) in [5.74, 6) is 0.954. The number of piperazine rings is 1. The SMILES string of the molecule is CCNC(=NCc1nccn1C(F)F)N1CCN(c2ccccc2Cl)CC1. The van der Waals surface area contributed by atoms with Crippen molar-refractivity contribution in [2.24, 2.45) is 4.99 Å². The minimum absolute atomic E-state index is 0.102. The number of aromatic nitrogens is 2. The van der Waals surface area contributed by atoms with Crippen LogP contribution in [0.25, 0.3) is 0 Å². The Labute approximate surface area is 162 Å². The molecule has 0 spiro atoms. The van der Waals surface area contributed by atoms with Crippen molar-refractivity contribution in [1.82, 2.24) is 19.8 Å². The summed E-state index contributed by atoms with van der Waals surface area (Å²) in [6, 6.07) is 7.80. The summed E-state index contributed by atoms with van der Waals surface area (Å²) in [5, 5.41) is 3.98. The fourth-order valence-corrected chi connectivity index (χ4v) is 3.34. The van der Waals surface area contributed by atoms with Gasteiger partial charge >= 0.3 is 6.55 Å². The summed E-state index contributed by atoms with van der Waals surface area (Å²) in [7, 11) is 0. The number of guanidine groups is 1. The van der Waals surface area contributed by atoms with Gasteiger partial charge < -0.3 is 15.1 Å². The maximum absolute atomic E-state index is 13.0. The van der Waals surface area contributed by atoms with Crippen molar-refractivity contribution in [1.29, 1.82) is 0 Å². The molecule has 0 aliphatic carbocycles.